The molecular formula is C22H24N4O3S2. The Morgan fingerprint density at radius 3 is 2.03 bits per heavy atom. The Morgan fingerprint density at radius 1 is 0.968 bits per heavy atom. The van der Waals surface area contributed by atoms with Crippen LogP contribution in [0.15, 0.2) is 64.3 Å². The van der Waals surface area contributed by atoms with Gasteiger partial charge in [-0.05, 0) is 40.6 Å². The molecule has 162 valence electrons. The standard InChI is InChI=1S/C22H24N4O3S2/c23-21(24-15-16-5-7-17(27)8-6-16)26-11-9-25(10-12-26)20(28)22(29,18-3-1-13-30-18)19-4-2-14-31-19/h1-8,13-14,27,29H,9-12,15H2,(H2,23,24). The van der Waals surface area contributed by atoms with E-state index in [-0.39, 0.29) is 11.7 Å². The number of guanidine groups is 1. The fraction of sp³-hybridized carbons (Fsp3) is 0.273. The van der Waals surface area contributed by atoms with Gasteiger partial charge in [0, 0.05) is 26.2 Å². The van der Waals surface area contributed by atoms with Crippen molar-refractivity contribution in [3.8, 4) is 5.75 Å². The molecule has 31 heavy (non-hydrogen) atoms. The van der Waals surface area contributed by atoms with Crippen LogP contribution in [-0.2, 0) is 16.9 Å². The molecule has 0 radical (unpaired) electrons. The third-order valence-electron chi connectivity index (χ3n) is 5.32. The van der Waals surface area contributed by atoms with E-state index < -0.39 is 5.60 Å². The van der Waals surface area contributed by atoms with Gasteiger partial charge in [-0.3, -0.25) is 4.79 Å². The summed E-state index contributed by atoms with van der Waals surface area (Å²) in [5.41, 5.74) is 5.45. The van der Waals surface area contributed by atoms with Crippen LogP contribution in [0, 0.1) is 0 Å². The molecule has 2 aromatic heterocycles. The quantitative estimate of drug-likeness (QED) is 0.404. The number of benzene rings is 1. The Balaban J connectivity index is 1.42. The third-order valence-corrected chi connectivity index (χ3v) is 7.27. The number of phenolic OH excluding ortho intramolecular Hbond substituents is 1. The summed E-state index contributed by atoms with van der Waals surface area (Å²) in [6.07, 6.45) is 0. The molecule has 3 heterocycles. The molecule has 9 heteroatoms. The largest absolute Gasteiger partial charge is 0.508 e. The number of nitrogens with two attached hydrogens (primary N) is 1. The first-order valence-corrected chi connectivity index (χ1v) is 11.7. The van der Waals surface area contributed by atoms with Gasteiger partial charge < -0.3 is 25.7 Å². The van der Waals surface area contributed by atoms with Crippen molar-refractivity contribution in [1.82, 2.24) is 9.80 Å². The number of piperazine rings is 1. The normalized spacial score (nSPS) is 15.3. The summed E-state index contributed by atoms with van der Waals surface area (Å²) in [7, 11) is 0. The predicted octanol–water partition coefficient (Wildman–Crippen LogP) is 2.41. The average Bonchev–Trinajstić information content (AvgIpc) is 3.52. The van der Waals surface area contributed by atoms with Crippen LogP contribution < -0.4 is 5.73 Å². The molecule has 1 saturated heterocycles. The summed E-state index contributed by atoms with van der Waals surface area (Å²) in [4.78, 5) is 22.7. The van der Waals surface area contributed by atoms with E-state index in [1.165, 1.54) is 22.7 Å². The van der Waals surface area contributed by atoms with Crippen LogP contribution in [-0.4, -0.2) is 58.1 Å². The summed E-state index contributed by atoms with van der Waals surface area (Å²) in [5, 5.41) is 24.6. The Hall–Kier alpha value is -2.88. The molecule has 0 unspecified atom stereocenters. The van der Waals surface area contributed by atoms with Gasteiger partial charge in [0.1, 0.15) is 5.75 Å². The number of thiophene rings is 2. The van der Waals surface area contributed by atoms with E-state index in [0.717, 1.165) is 5.56 Å². The molecule has 1 amide bonds. The number of rotatable bonds is 5. The first kappa shape index (κ1) is 21.4. The Bertz CT molecular complexity index is 991. The zero-order chi connectivity index (χ0) is 21.8. The number of carbonyl (C=O) groups is 1. The Morgan fingerprint density at radius 2 is 1.52 bits per heavy atom. The van der Waals surface area contributed by atoms with Crippen molar-refractivity contribution in [3.05, 3.63) is 74.6 Å². The highest BCUT2D eigenvalue weighted by Crippen LogP contribution is 2.37. The minimum Gasteiger partial charge on any atom is -0.508 e. The number of hydrogen-bond acceptors (Lipinski definition) is 6. The second-order valence-corrected chi connectivity index (χ2v) is 9.18. The highest BCUT2D eigenvalue weighted by Gasteiger charge is 2.45. The van der Waals surface area contributed by atoms with Gasteiger partial charge in [0.25, 0.3) is 5.91 Å². The van der Waals surface area contributed by atoms with Gasteiger partial charge in [-0.2, -0.15) is 0 Å². The zero-order valence-corrected chi connectivity index (χ0v) is 18.5. The van der Waals surface area contributed by atoms with Gasteiger partial charge in [-0.1, -0.05) is 24.3 Å². The van der Waals surface area contributed by atoms with Crippen molar-refractivity contribution < 1.29 is 15.0 Å². The highest BCUT2D eigenvalue weighted by atomic mass is 32.1. The lowest BCUT2D eigenvalue weighted by Crippen LogP contribution is -2.56. The molecule has 1 aromatic carbocycles. The summed E-state index contributed by atoms with van der Waals surface area (Å²) < 4.78 is 0. The average molecular weight is 457 g/mol. The van der Waals surface area contributed by atoms with Crippen molar-refractivity contribution in [1.29, 1.82) is 0 Å². The van der Waals surface area contributed by atoms with Crippen LogP contribution in [0.1, 0.15) is 15.3 Å². The summed E-state index contributed by atoms with van der Waals surface area (Å²) >= 11 is 2.75. The number of nitrogens with zero attached hydrogens (tertiary/aromatic N) is 3. The lowest BCUT2D eigenvalue weighted by Gasteiger charge is -2.38. The van der Waals surface area contributed by atoms with E-state index in [2.05, 4.69) is 4.99 Å². The van der Waals surface area contributed by atoms with Crippen molar-refractivity contribution >= 4 is 34.5 Å². The van der Waals surface area contributed by atoms with Gasteiger partial charge in [-0.15, -0.1) is 22.7 Å². The van der Waals surface area contributed by atoms with E-state index >= 15 is 0 Å². The number of aliphatic hydroxyl groups is 1. The number of carbonyl (C=O) groups excluding carboxylic acids is 1. The molecular weight excluding hydrogens is 432 g/mol. The number of hydrogen-bond donors (Lipinski definition) is 3. The van der Waals surface area contributed by atoms with E-state index in [0.29, 0.717) is 48.4 Å². The van der Waals surface area contributed by atoms with Gasteiger partial charge in [-0.25, -0.2) is 4.99 Å². The van der Waals surface area contributed by atoms with E-state index in [9.17, 15) is 15.0 Å². The second-order valence-electron chi connectivity index (χ2n) is 7.29. The van der Waals surface area contributed by atoms with E-state index in [4.69, 9.17) is 5.73 Å². The van der Waals surface area contributed by atoms with Crippen LogP contribution in [0.2, 0.25) is 0 Å². The van der Waals surface area contributed by atoms with Crippen molar-refractivity contribution in [2.75, 3.05) is 26.2 Å². The third kappa shape index (κ3) is 4.43. The summed E-state index contributed by atoms with van der Waals surface area (Å²) in [6, 6.07) is 14.1. The molecule has 0 bridgehead atoms. The molecule has 7 nitrogen and oxygen atoms in total. The molecule has 0 aliphatic carbocycles. The lowest BCUT2D eigenvalue weighted by atomic mass is 9.97. The summed E-state index contributed by atoms with van der Waals surface area (Å²) in [6.45, 7) is 2.41. The smallest absolute Gasteiger partial charge is 0.265 e. The maximum atomic E-state index is 13.4. The second kappa shape index (κ2) is 9.09. The molecule has 4 N–H and O–H groups in total. The first-order chi connectivity index (χ1) is 15.0. The Kier molecular flexibility index (Phi) is 6.26. The molecule has 1 aliphatic heterocycles. The minimum atomic E-state index is -1.66. The highest BCUT2D eigenvalue weighted by molar-refractivity contribution is 7.12. The maximum Gasteiger partial charge on any atom is 0.265 e. The number of amides is 1. The van der Waals surface area contributed by atoms with Gasteiger partial charge in [0.15, 0.2) is 5.96 Å². The van der Waals surface area contributed by atoms with Gasteiger partial charge in [0.05, 0.1) is 16.3 Å². The first-order valence-electron chi connectivity index (χ1n) is 9.91. The molecule has 0 atom stereocenters. The predicted molar refractivity (Wildman–Crippen MR) is 123 cm³/mol. The number of aliphatic imine (C=N–C) groups is 1. The van der Waals surface area contributed by atoms with E-state index in [1.807, 2.05) is 27.8 Å². The van der Waals surface area contributed by atoms with Crippen molar-refractivity contribution in [3.63, 3.8) is 0 Å². The monoisotopic (exact) mass is 456 g/mol. The molecule has 1 fully saturated rings. The number of aromatic hydroxyl groups is 1. The van der Waals surface area contributed by atoms with Crippen LogP contribution in [0.4, 0.5) is 0 Å². The molecule has 0 spiro atoms. The number of phenols is 1. The van der Waals surface area contributed by atoms with Gasteiger partial charge >= 0.3 is 0 Å². The molecule has 3 aromatic rings. The van der Waals surface area contributed by atoms with Crippen LogP contribution in [0.5, 0.6) is 5.75 Å². The molecule has 1 aliphatic rings. The molecule has 0 saturated carbocycles. The summed E-state index contributed by atoms with van der Waals surface area (Å²) in [5.74, 6) is 0.329. The minimum absolute atomic E-state index is 0.214. The lowest BCUT2D eigenvalue weighted by molar-refractivity contribution is -0.148. The fourth-order valence-electron chi connectivity index (χ4n) is 3.54. The fourth-order valence-corrected chi connectivity index (χ4v) is 5.26. The van der Waals surface area contributed by atoms with E-state index in [1.54, 1.807) is 41.3 Å². The Labute approximate surface area is 188 Å². The molecule has 4 rings (SSSR count). The topological polar surface area (TPSA) is 102 Å². The van der Waals surface area contributed by atoms with Crippen molar-refractivity contribution in [2.24, 2.45) is 10.7 Å². The van der Waals surface area contributed by atoms with Crippen LogP contribution in [0.3, 0.4) is 0 Å². The van der Waals surface area contributed by atoms with Crippen LogP contribution in [0.25, 0.3) is 0 Å². The van der Waals surface area contributed by atoms with Gasteiger partial charge in [0.2, 0.25) is 5.60 Å². The maximum absolute atomic E-state index is 13.4. The van der Waals surface area contributed by atoms with Crippen molar-refractivity contribution in [2.45, 2.75) is 12.1 Å². The zero-order valence-electron chi connectivity index (χ0n) is 16.8. The van der Waals surface area contributed by atoms with Crippen LogP contribution >= 0.6 is 22.7 Å². The SMILES string of the molecule is NC(=NCc1ccc(O)cc1)N1CCN(C(=O)C(O)(c2cccs2)c2cccs2)CC1.